The zero-order chi connectivity index (χ0) is 57.8. The summed E-state index contributed by atoms with van der Waals surface area (Å²) in [6.07, 6.45) is 1.73. The van der Waals surface area contributed by atoms with Gasteiger partial charge < -0.3 is 58.4 Å². The van der Waals surface area contributed by atoms with Gasteiger partial charge >= 0.3 is 177 Å². The third kappa shape index (κ3) is 23.0. The van der Waals surface area contributed by atoms with E-state index >= 15 is 0 Å². The second-order valence-corrected chi connectivity index (χ2v) is 23.8. The number of nitrogens with zero attached hydrogens (tertiary/aromatic N) is 10. The Bertz CT molecular complexity index is 3960. The second kappa shape index (κ2) is 33.6. The molecule has 4 N–H and O–H groups in total. The summed E-state index contributed by atoms with van der Waals surface area (Å²) in [5.41, 5.74) is -2.77. The van der Waals surface area contributed by atoms with Gasteiger partial charge in [-0.1, -0.05) is 24.3 Å². The van der Waals surface area contributed by atoms with E-state index in [4.69, 9.17) is 10.5 Å². The predicted molar refractivity (Wildman–Crippen MR) is 262 cm³/mol. The van der Waals surface area contributed by atoms with Crippen molar-refractivity contribution >= 4 is 131 Å². The van der Waals surface area contributed by atoms with Crippen LogP contribution in [0.15, 0.2) is 102 Å². The molecule has 6 aromatic rings. The van der Waals surface area contributed by atoms with Crippen molar-refractivity contribution in [1.82, 2.24) is 29.9 Å². The standard InChI is InChI=1S/C40H38N14O18S6.6Na/c1-53(17-3-15-41)39-49-35(47-37(51-39)45-29-21-27(73(55,56)57)11-13-31(29)75(61,62)63)43-25-9-7-23(33(19-25)77(67,68)69)5-6-24-8-10-26(20-34(24)78(70,71)72)44-36-48-38(52-40(50-36)54(2)18-4-16-42)46-30-22-28(74(58,59)60)12-14-32(30)76(64,65)66;;;;;;/h5-14,19-22H,3-4,17-18H2,1-2H3,(H,55,56,57)(H,58,59,60)(H,61,62,63)(H,64,65,66)(H,67,68,69)(H,70,71,72)(H2,43,45,47,49,51)(H2,44,46,48,50,52);;;;;;/q;6*+1/p-6. The Kier molecular flexibility index (Phi) is 32.8. The Morgan fingerprint density at radius 1 is 0.417 bits per heavy atom. The summed E-state index contributed by atoms with van der Waals surface area (Å²) in [5, 5.41) is 28.1. The van der Waals surface area contributed by atoms with Crippen LogP contribution < -0.4 is 208 Å². The van der Waals surface area contributed by atoms with Crippen molar-refractivity contribution in [2.45, 2.75) is 42.2 Å². The van der Waals surface area contributed by atoms with E-state index in [0.717, 1.165) is 36.4 Å². The molecule has 0 fully saturated rings. The van der Waals surface area contributed by atoms with Crippen LogP contribution in [0.1, 0.15) is 24.0 Å². The van der Waals surface area contributed by atoms with Gasteiger partial charge in [-0.05, 0) is 71.8 Å². The molecule has 0 amide bonds. The van der Waals surface area contributed by atoms with Gasteiger partial charge in [-0.2, -0.15) is 40.4 Å². The van der Waals surface area contributed by atoms with Gasteiger partial charge in [-0.25, -0.2) is 50.5 Å². The molecule has 0 spiro atoms. The maximum absolute atomic E-state index is 12.7. The molecule has 0 saturated carbocycles. The molecule has 0 saturated heterocycles. The molecule has 0 aliphatic rings. The van der Waals surface area contributed by atoms with Gasteiger partial charge in [0.2, 0.25) is 35.7 Å². The minimum atomic E-state index is -5.43. The van der Waals surface area contributed by atoms with Gasteiger partial charge in [0, 0.05) is 38.6 Å². The third-order valence-corrected chi connectivity index (χ3v) is 15.3. The fraction of sp³-hybridized carbons (Fsp3) is 0.150. The molecule has 2 aromatic heterocycles. The van der Waals surface area contributed by atoms with Crippen molar-refractivity contribution in [3.05, 3.63) is 83.9 Å². The van der Waals surface area contributed by atoms with Crippen LogP contribution in [0.25, 0.3) is 12.2 Å². The number of rotatable bonds is 22. The summed E-state index contributed by atoms with van der Waals surface area (Å²) >= 11 is 0. The van der Waals surface area contributed by atoms with Crippen LogP contribution >= 0.6 is 0 Å². The zero-order valence-corrected chi connectivity index (χ0v) is 62.1. The van der Waals surface area contributed by atoms with Crippen molar-refractivity contribution in [1.29, 1.82) is 10.5 Å². The van der Waals surface area contributed by atoms with Gasteiger partial charge in [0.25, 0.3) is 0 Å². The van der Waals surface area contributed by atoms with Crippen LogP contribution in [0.5, 0.6) is 0 Å². The van der Waals surface area contributed by atoms with Crippen LogP contribution in [0.2, 0.25) is 0 Å². The minimum absolute atomic E-state index is 0. The first-order valence-corrected chi connectivity index (χ1v) is 29.3. The number of nitrogens with one attached hydrogen (secondary N) is 4. The van der Waals surface area contributed by atoms with Crippen LogP contribution in [-0.2, 0) is 60.7 Å². The van der Waals surface area contributed by atoms with Gasteiger partial charge in [-0.15, -0.1) is 0 Å². The molecule has 0 aliphatic carbocycles. The summed E-state index contributed by atoms with van der Waals surface area (Å²) < 4.78 is 219. The zero-order valence-electron chi connectivity index (χ0n) is 45.2. The van der Waals surface area contributed by atoms with E-state index in [9.17, 15) is 77.8 Å². The maximum Gasteiger partial charge on any atom is 1.00 e. The van der Waals surface area contributed by atoms with E-state index in [-0.39, 0.29) is 238 Å². The molecule has 6 rings (SSSR count). The van der Waals surface area contributed by atoms with Gasteiger partial charge in [-0.3, -0.25) is 0 Å². The van der Waals surface area contributed by atoms with Crippen LogP contribution in [0.4, 0.5) is 58.4 Å². The molecule has 412 valence electrons. The molecule has 0 radical (unpaired) electrons. The molecular formula is C40H32N14Na6O18S6. The summed E-state index contributed by atoms with van der Waals surface area (Å²) in [7, 11) is -29.2. The first-order chi connectivity index (χ1) is 36.1. The van der Waals surface area contributed by atoms with E-state index < -0.39 is 125 Å². The minimum Gasteiger partial charge on any atom is -0.744 e. The second-order valence-electron chi connectivity index (χ2n) is 15.6. The molecule has 84 heavy (non-hydrogen) atoms. The van der Waals surface area contributed by atoms with Crippen molar-refractivity contribution in [2.24, 2.45) is 0 Å². The third-order valence-electron chi connectivity index (χ3n) is 10.1. The monoisotopic (exact) mass is 1330 g/mol. The van der Waals surface area contributed by atoms with Crippen molar-refractivity contribution in [3.8, 4) is 12.1 Å². The first-order valence-electron chi connectivity index (χ1n) is 20.9. The number of benzene rings is 4. The summed E-state index contributed by atoms with van der Waals surface area (Å²) in [6.45, 7) is -0.0512. The molecular weight excluding hydrogens is 1290 g/mol. The van der Waals surface area contributed by atoms with Gasteiger partial charge in [0.1, 0.15) is 60.7 Å². The molecule has 0 atom stereocenters. The first kappa shape index (κ1) is 81.9. The average Bonchev–Trinajstić information content (AvgIpc) is 3.32. The van der Waals surface area contributed by atoms with Crippen molar-refractivity contribution in [2.75, 3.05) is 58.3 Å². The Balaban J connectivity index is 0.0000115. The van der Waals surface area contributed by atoms with Gasteiger partial charge in [0.15, 0.2) is 0 Å². The molecule has 4 aromatic carbocycles. The maximum atomic E-state index is 12.7. The largest absolute Gasteiger partial charge is 1.00 e. The molecule has 0 bridgehead atoms. The molecule has 2 heterocycles. The van der Waals surface area contributed by atoms with Crippen LogP contribution in [0.3, 0.4) is 0 Å². The average molecular weight is 1330 g/mol. The van der Waals surface area contributed by atoms with Crippen molar-refractivity contribution in [3.63, 3.8) is 0 Å². The van der Waals surface area contributed by atoms with E-state index in [1.807, 2.05) is 12.1 Å². The van der Waals surface area contributed by atoms with E-state index in [1.54, 1.807) is 0 Å². The van der Waals surface area contributed by atoms with E-state index in [0.29, 0.717) is 36.4 Å². The van der Waals surface area contributed by atoms with Crippen LogP contribution in [0, 0.1) is 22.7 Å². The van der Waals surface area contributed by atoms with Crippen molar-refractivity contribution < 1.29 is 255 Å². The number of aromatic nitrogens is 6. The number of anilines is 10. The Hall–Kier alpha value is -2.12. The number of hydrogen-bond donors (Lipinski definition) is 4. The van der Waals surface area contributed by atoms with Gasteiger partial charge in [0.05, 0.1) is 65.7 Å². The number of nitriles is 2. The summed E-state index contributed by atoms with van der Waals surface area (Å²) in [4.78, 5) is 21.3. The molecule has 32 nitrogen and oxygen atoms in total. The normalized spacial score (nSPS) is 11.5. The van der Waals surface area contributed by atoms with E-state index in [2.05, 4.69) is 51.2 Å². The van der Waals surface area contributed by atoms with E-state index in [1.165, 1.54) is 36.0 Å². The Labute approximate surface area is 614 Å². The molecule has 0 unspecified atom stereocenters. The quantitative estimate of drug-likeness (QED) is 0.0278. The summed E-state index contributed by atoms with van der Waals surface area (Å²) in [6, 6.07) is 13.1. The SMILES string of the molecule is CN(CCC#N)c1nc(Nc2ccc(C=Cc3ccc(Nc4nc(Nc5cc(S(=O)(=O)[O-])ccc5S(=O)(=O)[O-])nc(N(C)CCC#N)n4)cc3S(=O)(=O)[O-])c(S(=O)(=O)[O-])c2)nc(Nc2cc(S(=O)(=O)[O-])ccc2S(=O)(=O)[O-])n1.[Na+].[Na+].[Na+].[Na+].[Na+].[Na+]. The Morgan fingerprint density at radius 3 is 0.988 bits per heavy atom. The smallest absolute Gasteiger partial charge is 0.744 e. The fourth-order valence-corrected chi connectivity index (χ4v) is 10.1. The molecule has 0 aliphatic heterocycles. The van der Waals surface area contributed by atoms with Crippen LogP contribution in [-0.4, -0.2) is 135 Å². The predicted octanol–water partition coefficient (Wildman–Crippen LogP) is -16.7. The Morgan fingerprint density at radius 2 is 0.714 bits per heavy atom. The molecule has 44 heteroatoms. The number of hydrogen-bond acceptors (Lipinski definition) is 32. The topological polar surface area (TPSA) is 523 Å². The fourth-order valence-electron chi connectivity index (χ4n) is 6.50. The summed E-state index contributed by atoms with van der Waals surface area (Å²) in [5.74, 6) is -2.71.